The van der Waals surface area contributed by atoms with Gasteiger partial charge in [0.2, 0.25) is 5.95 Å². The summed E-state index contributed by atoms with van der Waals surface area (Å²) >= 11 is 37.7. The Kier molecular flexibility index (Phi) is 34.8. The summed E-state index contributed by atoms with van der Waals surface area (Å²) in [6.45, 7) is -29.0. The SMILES string of the molecule is CC[C@H]1O[C@@H](n2cc(C)c(=O)[nH]c2=O)C[C@H]1OP([O-])(=S)OC[C@H]1O[C@@H](n2cnc3c(=O)[nH]c(N)nc32)C[C@H]1OP(=O)([S-])OC[C@H]1O[C@@H](n2cc(C)c(N)nc2=O)C[C@H]1OP([O-])(=S)OC[C@H]1O[C@@H](n2cc(C)c(=O)[nH]c2=O)C[C@H]1OP([O-])(=S)OC[C@H]1O[C@@H](n2cc(C)c(N)nc2=O)C[C@H]1OP([O-])(=S)OC[C@H]1O[C@@H](n2cc(C)c(=O)[nH]c2=O)C[C@H]1OP([O-])(=S)OC[C@H]1O[C@@H](n2cc(C)c(=O)[nH]c2=O)C[C@H]1OP([O-])(=S)OC. The number of ether oxygens (including phenoxy) is 7. The lowest BCUT2D eigenvalue weighted by molar-refractivity contribution is -0.221. The second kappa shape index (κ2) is 44.9. The van der Waals surface area contributed by atoms with Crippen LogP contribution in [-0.2, 0) is 184 Å². The van der Waals surface area contributed by atoms with Gasteiger partial charge in [-0.1, -0.05) is 77.8 Å². The van der Waals surface area contributed by atoms with Crippen LogP contribution in [0.15, 0.2) is 96.2 Å². The largest absolute Gasteiger partial charge is 0.780 e. The first kappa shape index (κ1) is 112. The predicted octanol–water partition coefficient (Wildman–Crippen LogP) is -3.54. The minimum Gasteiger partial charge on any atom is -0.780 e. The Balaban J connectivity index is 0.635. The number of nitrogens with zero attached hydrogens (tertiary/aromatic N) is 11. The van der Waals surface area contributed by atoms with Crippen LogP contribution in [0.25, 0.3) is 11.2 Å². The van der Waals surface area contributed by atoms with Crippen LogP contribution in [0.2, 0.25) is 0 Å². The van der Waals surface area contributed by atoms with E-state index in [2.05, 4.69) is 44.9 Å². The van der Waals surface area contributed by atoms with Gasteiger partial charge in [-0.05, 0) is 48.0 Å². The molecule has 11 N–H and O–H groups in total. The number of hydrogen-bond donors (Lipinski definition) is 8. The van der Waals surface area contributed by atoms with E-state index in [1.807, 2.05) is 0 Å². The second-order valence-electron chi connectivity index (χ2n) is 33.7. The van der Waals surface area contributed by atoms with E-state index in [0.29, 0.717) is 0 Å². The highest BCUT2D eigenvalue weighted by Crippen LogP contribution is 2.57. The van der Waals surface area contributed by atoms with E-state index in [0.717, 1.165) is 46.9 Å². The van der Waals surface area contributed by atoms with Crippen LogP contribution in [-0.4, -0.2) is 209 Å². The Bertz CT molecular complexity index is 7310. The fraction of sp³-hybridized carbons (Fsp3) is 0.597. The van der Waals surface area contributed by atoms with E-state index >= 15 is 0 Å². The molecule has 7 aliphatic rings. The van der Waals surface area contributed by atoms with Crippen molar-refractivity contribution in [2.45, 2.75) is 229 Å². The van der Waals surface area contributed by atoms with Gasteiger partial charge in [0.1, 0.15) is 132 Å². The third-order valence-electron chi connectivity index (χ3n) is 23.7. The Morgan fingerprint density at radius 1 is 0.361 bits per heavy atom. The van der Waals surface area contributed by atoms with Gasteiger partial charge in [-0.15, -0.1) is 0 Å². The molecular formula is C72H91N19O39P7S7-7. The number of nitrogen functional groups attached to an aromatic ring is 3. The van der Waals surface area contributed by atoms with E-state index in [4.69, 9.17) is 197 Å². The smallest absolute Gasteiger partial charge is 0.351 e. The van der Waals surface area contributed by atoms with Crippen molar-refractivity contribution in [3.05, 3.63) is 192 Å². The van der Waals surface area contributed by atoms with Gasteiger partial charge in [0.05, 0.1) is 94.8 Å². The number of anilines is 3. The van der Waals surface area contributed by atoms with Crippen LogP contribution in [0.5, 0.6) is 0 Å². The quantitative estimate of drug-likeness (QED) is 0.0136. The van der Waals surface area contributed by atoms with Crippen molar-refractivity contribution in [1.29, 1.82) is 0 Å². The van der Waals surface area contributed by atoms with Gasteiger partial charge in [-0.3, -0.25) is 85.4 Å². The first-order valence-electron chi connectivity index (χ1n) is 43.2. The molecule has 7 aliphatic heterocycles. The molecule has 15 rings (SSSR count). The molecule has 7 fully saturated rings. The summed E-state index contributed by atoms with van der Waals surface area (Å²) in [5.41, 5.74) is 9.11. The van der Waals surface area contributed by atoms with Crippen LogP contribution in [0.1, 0.15) is 135 Å². The highest BCUT2D eigenvalue weighted by Gasteiger charge is 2.49. The molecule has 7 unspecified atom stereocenters. The molecule has 792 valence electrons. The zero-order valence-corrected chi connectivity index (χ0v) is 88.1. The number of fused-ring (bicyclic) bond motifs is 1. The first-order valence-corrected chi connectivity index (χ1v) is 61.1. The lowest BCUT2D eigenvalue weighted by Crippen LogP contribution is -2.35. The Labute approximate surface area is 845 Å². The second-order valence-corrected chi connectivity index (χ2v) is 52.8. The number of nitrogens with two attached hydrogens (primary N) is 3. The number of nitrogens with one attached hydrogen (secondary N) is 5. The molecule has 0 amide bonds. The standard InChI is InChI=1S/C72H98N19O39P7S7/c1-9-36-37(10-50(117-36)87-19-32(4)61(92)81-69(87)99)125-132(104,139)111-28-49-43(16-56(123-49)91-29-76-57-60(91)79-66(75)80-65(57)96)130-137(109,144)116-25-46-40(13-52(120-46)86-18-31(3)59(74)78-68(86)98)127-135(107,142)115-27-48-42(15-55(122-48)90-22-35(7)64(95)84-72(90)102)129-136(108,143)113-24-45-39(12-51(119-45)85-17-30(2)58(73)77-67(85)97)126-134(106,141)114-26-47-41(14-54(121-47)89-21-34(6)63(94)83-71(89)101)128-133(105,140)112-23-44-38(124-131(103,138)110-8)11-53(118-44)88-20-33(5)62(93)82-70(88)100/h17-22,29,36-56H,9-16,23-28H2,1-8H3,(H,103,138)(H,104,139)(H,105,140)(H,106,141)(H,107,142)(H,108,143)(H,109,144)(H2,73,77,97)(H2,74,78,98)(H,81,92,99)(H,82,93,100)(H,83,94,101)(H,84,95,102)(H3,75,79,80,96)/p-7/t36-,37-,38-,39-,40-,41-,42-,43-,44-,45-,46-,47-,48-,49-,50-,51-,52-,53-,54-,55-,56-,131?,132?,133?,134?,135?,136?,137?/m1/s1. The number of aromatic nitrogens is 16. The Morgan fingerprint density at radius 2 is 0.611 bits per heavy atom. The van der Waals surface area contributed by atoms with Crippen molar-refractivity contribution in [2.75, 3.05) is 64.0 Å². The molecule has 8 aromatic rings. The van der Waals surface area contributed by atoms with E-state index in [1.165, 1.54) is 77.2 Å². The van der Waals surface area contributed by atoms with Gasteiger partial charge in [0.25, 0.3) is 27.8 Å². The molecular weight excluding hydrogens is 2200 g/mol. The van der Waals surface area contributed by atoms with E-state index in [9.17, 15) is 86.7 Å². The summed E-state index contributed by atoms with van der Waals surface area (Å²) in [5.74, 6) is -0.662. The highest BCUT2D eigenvalue weighted by atomic mass is 32.7. The molecule has 0 bridgehead atoms. The minimum atomic E-state index is -5.09. The number of imidazole rings is 1. The van der Waals surface area contributed by atoms with Crippen LogP contribution in [0.4, 0.5) is 17.6 Å². The number of rotatable bonds is 41. The molecule has 0 saturated carbocycles. The average molecular weight is 2290 g/mol. The molecule has 72 heteroatoms. The fourth-order valence-electron chi connectivity index (χ4n) is 16.4. The molecule has 15 heterocycles. The van der Waals surface area contributed by atoms with Crippen molar-refractivity contribution in [3.8, 4) is 0 Å². The van der Waals surface area contributed by atoms with Crippen LogP contribution in [0, 0.1) is 41.5 Å². The fourth-order valence-corrected chi connectivity index (χ4v) is 26.2. The molecule has 0 aromatic carbocycles. The molecule has 144 heavy (non-hydrogen) atoms. The molecule has 7 saturated heterocycles. The monoisotopic (exact) mass is 2290 g/mol. The van der Waals surface area contributed by atoms with Crippen LogP contribution < -0.4 is 108 Å². The maximum absolute atomic E-state index is 14.9. The van der Waals surface area contributed by atoms with Gasteiger partial charge < -0.3 is 155 Å². The van der Waals surface area contributed by atoms with Gasteiger partial charge >= 0.3 is 34.1 Å². The summed E-state index contributed by atoms with van der Waals surface area (Å²) in [5, 5.41) is 0. The molecule has 58 nitrogen and oxygen atoms in total. The highest BCUT2D eigenvalue weighted by molar-refractivity contribution is 8.32. The predicted molar refractivity (Wildman–Crippen MR) is 510 cm³/mol. The summed E-state index contributed by atoms with van der Waals surface area (Å²) in [6, 6.07) is 0. The molecule has 0 radical (unpaired) electrons. The number of aryl methyl sites for hydroxylation is 6. The molecule has 28 atom stereocenters. The first-order chi connectivity index (χ1) is 67.5. The van der Waals surface area contributed by atoms with Gasteiger partial charge in [-0.25, -0.2) is 33.8 Å². The van der Waals surface area contributed by atoms with E-state index in [-0.39, 0.29) is 87.8 Å². The van der Waals surface area contributed by atoms with Gasteiger partial charge in [-0.2, -0.15) is 15.0 Å². The van der Waals surface area contributed by atoms with Gasteiger partial charge in [0, 0.05) is 123 Å². The zero-order valence-electron chi connectivity index (χ0n) is 76.1. The lowest BCUT2D eigenvalue weighted by atomic mass is 10.1. The molecule has 0 aliphatic carbocycles. The van der Waals surface area contributed by atoms with Crippen molar-refractivity contribution >= 4 is 159 Å². The maximum atomic E-state index is 14.9. The Hall–Kier alpha value is -6.37. The van der Waals surface area contributed by atoms with Gasteiger partial charge in [0.15, 0.2) is 18.0 Å². The summed E-state index contributed by atoms with van der Waals surface area (Å²) in [7, 11) is 1.00. The summed E-state index contributed by atoms with van der Waals surface area (Å²) in [6.07, 6.45) is -23.7. The lowest BCUT2D eigenvalue weighted by Gasteiger charge is -2.36. The molecule has 0 spiro atoms. The third kappa shape index (κ3) is 26.8. The van der Waals surface area contributed by atoms with Crippen molar-refractivity contribution in [1.82, 2.24) is 76.8 Å². The van der Waals surface area contributed by atoms with Crippen molar-refractivity contribution < 1.29 is 130 Å². The normalized spacial score (nSPS) is 29.6. The van der Waals surface area contributed by atoms with E-state index in [1.54, 1.807) is 6.92 Å². The van der Waals surface area contributed by atoms with Crippen molar-refractivity contribution in [2.24, 2.45) is 0 Å². The number of H-pyrrole nitrogens is 5. The van der Waals surface area contributed by atoms with Crippen LogP contribution >= 0.6 is 47.1 Å². The van der Waals surface area contributed by atoms with Crippen LogP contribution in [0.3, 0.4) is 0 Å². The van der Waals surface area contributed by atoms with E-state index < -0.39 is 303 Å². The summed E-state index contributed by atoms with van der Waals surface area (Å²) < 4.78 is 146. The molecule has 8 aromatic heterocycles. The summed E-state index contributed by atoms with van der Waals surface area (Å²) in [4.78, 5) is 256. The third-order valence-corrected chi connectivity index (χ3v) is 34.8. The average Bonchev–Trinajstić information content (AvgIpc) is 1.62. The minimum absolute atomic E-state index is 0.0154. The number of hydrogen-bond acceptors (Lipinski definition) is 53. The number of aromatic amines is 5. The Morgan fingerprint density at radius 3 is 0.903 bits per heavy atom. The topological polar surface area (TPSA) is 780 Å². The maximum Gasteiger partial charge on any atom is 0.351 e. The zero-order chi connectivity index (χ0) is 104. The van der Waals surface area contributed by atoms with Crippen molar-refractivity contribution in [3.63, 3.8) is 0 Å².